The molecule has 23 heavy (non-hydrogen) atoms. The van der Waals surface area contributed by atoms with Crippen LogP contribution in [0.15, 0.2) is 24.3 Å². The van der Waals surface area contributed by atoms with Gasteiger partial charge in [0.05, 0.1) is 27.8 Å². The first-order chi connectivity index (χ1) is 11.1. The Labute approximate surface area is 138 Å². The Bertz CT molecular complexity index is 849. The fraction of sp³-hybridized carbons (Fsp3) is 0.353. The number of hydrogen-bond donors (Lipinski definition) is 1. The van der Waals surface area contributed by atoms with Crippen molar-refractivity contribution in [1.29, 1.82) is 0 Å². The van der Waals surface area contributed by atoms with Crippen LogP contribution in [0.4, 0.5) is 0 Å². The summed E-state index contributed by atoms with van der Waals surface area (Å²) in [6.45, 7) is 4.62. The van der Waals surface area contributed by atoms with Crippen molar-refractivity contribution in [1.82, 2.24) is 19.9 Å². The number of carbonyl (C=O) groups is 1. The predicted molar refractivity (Wildman–Crippen MR) is 90.7 cm³/mol. The van der Waals surface area contributed by atoms with Crippen LogP contribution in [-0.4, -0.2) is 32.3 Å². The summed E-state index contributed by atoms with van der Waals surface area (Å²) in [5.74, 6) is 0.965. The normalized spacial score (nSPS) is 18.0. The summed E-state index contributed by atoms with van der Waals surface area (Å²) in [5.41, 5.74) is 2.80. The van der Waals surface area contributed by atoms with Crippen LogP contribution in [0.2, 0.25) is 0 Å². The number of aromatic nitrogens is 3. The molecule has 0 spiro atoms. The summed E-state index contributed by atoms with van der Waals surface area (Å²) < 4.78 is 0. The van der Waals surface area contributed by atoms with Crippen LogP contribution in [0.5, 0.6) is 0 Å². The number of carbonyl (C=O) groups excluding carboxylic acids is 1. The van der Waals surface area contributed by atoms with Crippen LogP contribution in [0, 0.1) is 13.8 Å². The van der Waals surface area contributed by atoms with Crippen molar-refractivity contribution in [2.45, 2.75) is 32.7 Å². The third kappa shape index (κ3) is 2.43. The van der Waals surface area contributed by atoms with Crippen molar-refractivity contribution < 1.29 is 4.79 Å². The van der Waals surface area contributed by atoms with Gasteiger partial charge in [-0.3, -0.25) is 4.79 Å². The van der Waals surface area contributed by atoms with E-state index in [1.165, 1.54) is 11.3 Å². The number of fused-ring (bicyclic) bond motifs is 1. The lowest BCUT2D eigenvalue weighted by Crippen LogP contribution is -2.31. The molecule has 1 aromatic carbocycles. The van der Waals surface area contributed by atoms with Gasteiger partial charge < -0.3 is 9.88 Å². The Morgan fingerprint density at radius 3 is 2.87 bits per heavy atom. The molecule has 1 atom stereocenters. The molecule has 0 aliphatic carbocycles. The standard InChI is InChI=1S/C17H18N4OS/c1-10-15(23-11(2)18-10)17(22)21-9-5-8-14(21)16-19-12-6-3-4-7-13(12)20-16/h3-4,6-7,14H,5,8-9H2,1-2H3,(H,19,20). The van der Waals surface area contributed by atoms with Crippen LogP contribution in [-0.2, 0) is 0 Å². The van der Waals surface area contributed by atoms with Gasteiger partial charge in [-0.2, -0.15) is 0 Å². The van der Waals surface area contributed by atoms with Gasteiger partial charge in [0.1, 0.15) is 10.7 Å². The molecule has 1 N–H and O–H groups in total. The quantitative estimate of drug-likeness (QED) is 0.782. The Kier molecular flexibility index (Phi) is 3.41. The van der Waals surface area contributed by atoms with Gasteiger partial charge in [0.25, 0.3) is 5.91 Å². The molecule has 1 unspecified atom stereocenters. The Morgan fingerprint density at radius 2 is 2.13 bits per heavy atom. The molecule has 5 nitrogen and oxygen atoms in total. The second-order valence-electron chi connectivity index (χ2n) is 5.94. The second-order valence-corrected chi connectivity index (χ2v) is 7.15. The van der Waals surface area contributed by atoms with Crippen molar-refractivity contribution in [2.24, 2.45) is 0 Å². The molecule has 1 aliphatic heterocycles. The van der Waals surface area contributed by atoms with Gasteiger partial charge in [-0.1, -0.05) is 12.1 Å². The molecule has 1 amide bonds. The van der Waals surface area contributed by atoms with Gasteiger partial charge in [0, 0.05) is 6.54 Å². The Hall–Kier alpha value is -2.21. The molecule has 1 saturated heterocycles. The number of benzene rings is 1. The van der Waals surface area contributed by atoms with Gasteiger partial charge in [-0.15, -0.1) is 11.3 Å². The van der Waals surface area contributed by atoms with Crippen LogP contribution < -0.4 is 0 Å². The third-order valence-electron chi connectivity index (χ3n) is 4.33. The Balaban J connectivity index is 1.68. The lowest BCUT2D eigenvalue weighted by Gasteiger charge is -2.22. The number of nitrogens with one attached hydrogen (secondary N) is 1. The van der Waals surface area contributed by atoms with Crippen LogP contribution in [0.25, 0.3) is 11.0 Å². The monoisotopic (exact) mass is 326 g/mol. The van der Waals surface area contributed by atoms with Crippen LogP contribution >= 0.6 is 11.3 Å². The minimum absolute atomic E-state index is 0.0247. The molecule has 3 aromatic rings. The summed E-state index contributed by atoms with van der Waals surface area (Å²) in [7, 11) is 0. The summed E-state index contributed by atoms with van der Waals surface area (Å²) in [4.78, 5) is 28.1. The number of amides is 1. The van der Waals surface area contributed by atoms with E-state index in [0.29, 0.717) is 0 Å². The van der Waals surface area contributed by atoms with E-state index < -0.39 is 0 Å². The van der Waals surface area contributed by atoms with Crippen molar-refractivity contribution in [3.63, 3.8) is 0 Å². The average molecular weight is 326 g/mol. The molecule has 4 rings (SSSR count). The number of imidazole rings is 1. The smallest absolute Gasteiger partial charge is 0.266 e. The van der Waals surface area contributed by atoms with Gasteiger partial charge in [-0.25, -0.2) is 9.97 Å². The molecule has 0 saturated carbocycles. The highest BCUT2D eigenvalue weighted by Gasteiger charge is 2.34. The summed E-state index contributed by atoms with van der Waals surface area (Å²) in [5, 5.41) is 0.935. The van der Waals surface area contributed by atoms with Crippen molar-refractivity contribution in [3.8, 4) is 0 Å². The van der Waals surface area contributed by atoms with Gasteiger partial charge in [0.2, 0.25) is 0 Å². The fourth-order valence-electron chi connectivity index (χ4n) is 3.28. The summed E-state index contributed by atoms with van der Waals surface area (Å²) >= 11 is 1.48. The first-order valence-electron chi connectivity index (χ1n) is 7.83. The van der Waals surface area contributed by atoms with Crippen LogP contribution in [0.3, 0.4) is 0 Å². The van der Waals surface area contributed by atoms with E-state index in [9.17, 15) is 4.79 Å². The van der Waals surface area contributed by atoms with Crippen molar-refractivity contribution >= 4 is 28.3 Å². The number of likely N-dealkylation sites (tertiary alicyclic amines) is 1. The zero-order valence-corrected chi connectivity index (χ0v) is 14.0. The summed E-state index contributed by atoms with van der Waals surface area (Å²) in [6, 6.07) is 8.01. The molecule has 2 aromatic heterocycles. The SMILES string of the molecule is Cc1nc(C)c(C(=O)N2CCCC2c2nc3ccccc3[nH]2)s1. The number of hydrogen-bond acceptors (Lipinski definition) is 4. The van der Waals surface area contributed by atoms with Crippen molar-refractivity contribution in [3.05, 3.63) is 45.7 Å². The molecule has 0 bridgehead atoms. The topological polar surface area (TPSA) is 61.9 Å². The van der Waals surface area contributed by atoms with E-state index in [1.807, 2.05) is 43.0 Å². The van der Waals surface area contributed by atoms with Gasteiger partial charge >= 0.3 is 0 Å². The lowest BCUT2D eigenvalue weighted by molar-refractivity contribution is 0.0734. The van der Waals surface area contributed by atoms with Gasteiger partial charge in [-0.05, 0) is 38.8 Å². The van der Waals surface area contributed by atoms with Crippen molar-refractivity contribution in [2.75, 3.05) is 6.54 Å². The number of H-pyrrole nitrogens is 1. The highest BCUT2D eigenvalue weighted by atomic mass is 32.1. The average Bonchev–Trinajstić information content (AvgIpc) is 3.23. The first-order valence-corrected chi connectivity index (χ1v) is 8.65. The highest BCUT2D eigenvalue weighted by Crippen LogP contribution is 2.34. The fourth-order valence-corrected chi connectivity index (χ4v) is 4.16. The maximum atomic E-state index is 12.9. The van der Waals surface area contributed by atoms with E-state index in [4.69, 9.17) is 0 Å². The summed E-state index contributed by atoms with van der Waals surface area (Å²) in [6.07, 6.45) is 1.95. The molecule has 0 radical (unpaired) electrons. The molecule has 1 fully saturated rings. The molecular weight excluding hydrogens is 308 g/mol. The molecule has 6 heteroatoms. The zero-order valence-electron chi connectivity index (χ0n) is 13.2. The second kappa shape index (κ2) is 5.45. The number of aryl methyl sites for hydroxylation is 2. The number of thiazole rings is 1. The van der Waals surface area contributed by atoms with E-state index in [2.05, 4.69) is 15.0 Å². The lowest BCUT2D eigenvalue weighted by atomic mass is 10.2. The molecular formula is C17H18N4OS. The van der Waals surface area contributed by atoms with E-state index in [-0.39, 0.29) is 11.9 Å². The van der Waals surface area contributed by atoms with E-state index in [0.717, 1.165) is 51.8 Å². The third-order valence-corrected chi connectivity index (χ3v) is 5.40. The van der Waals surface area contributed by atoms with Crippen LogP contribution in [0.1, 0.15) is 45.1 Å². The largest absolute Gasteiger partial charge is 0.340 e. The number of aromatic amines is 1. The van der Waals surface area contributed by atoms with E-state index >= 15 is 0 Å². The number of para-hydroxylation sites is 2. The van der Waals surface area contributed by atoms with E-state index in [1.54, 1.807) is 0 Å². The minimum Gasteiger partial charge on any atom is -0.340 e. The zero-order chi connectivity index (χ0) is 16.0. The maximum Gasteiger partial charge on any atom is 0.266 e. The Morgan fingerprint density at radius 1 is 1.30 bits per heavy atom. The predicted octanol–water partition coefficient (Wildman–Crippen LogP) is 3.61. The molecule has 1 aliphatic rings. The minimum atomic E-state index is 0.0247. The molecule has 118 valence electrons. The number of rotatable bonds is 2. The van der Waals surface area contributed by atoms with Gasteiger partial charge in [0.15, 0.2) is 0 Å². The molecule has 3 heterocycles. The first kappa shape index (κ1) is 14.4. The number of nitrogens with zero attached hydrogens (tertiary/aromatic N) is 3. The highest BCUT2D eigenvalue weighted by molar-refractivity contribution is 7.13. The maximum absolute atomic E-state index is 12.9.